The normalized spacial score (nSPS) is 12.2. The van der Waals surface area contributed by atoms with Crippen molar-refractivity contribution in [2.75, 3.05) is 0 Å². The van der Waals surface area contributed by atoms with Gasteiger partial charge < -0.3 is 10.5 Å². The molecule has 0 fully saturated rings. The van der Waals surface area contributed by atoms with Crippen molar-refractivity contribution < 1.29 is 4.74 Å². The van der Waals surface area contributed by atoms with Gasteiger partial charge in [-0.1, -0.05) is 24.3 Å². The average molecular weight is 269 g/mol. The van der Waals surface area contributed by atoms with Crippen molar-refractivity contribution in [2.24, 2.45) is 5.73 Å². The maximum Gasteiger partial charge on any atom is 0.130 e. The summed E-state index contributed by atoms with van der Waals surface area (Å²) >= 11 is 0. The highest BCUT2D eigenvalue weighted by Crippen LogP contribution is 2.30. The van der Waals surface area contributed by atoms with E-state index in [9.17, 15) is 0 Å². The lowest BCUT2D eigenvalue weighted by atomic mass is 10.0. The third kappa shape index (κ3) is 3.40. The van der Waals surface area contributed by atoms with E-state index in [1.807, 2.05) is 25.1 Å². The number of ether oxygens (including phenoxy) is 1. The van der Waals surface area contributed by atoms with E-state index in [0.717, 1.165) is 23.5 Å². The molecular weight excluding hydrogens is 246 g/mol. The summed E-state index contributed by atoms with van der Waals surface area (Å²) in [5.74, 6) is 1.83. The number of rotatable bonds is 4. The van der Waals surface area contributed by atoms with Gasteiger partial charge in [0.2, 0.25) is 0 Å². The molecule has 0 heterocycles. The Morgan fingerprint density at radius 3 is 2.45 bits per heavy atom. The summed E-state index contributed by atoms with van der Waals surface area (Å²) < 4.78 is 6.15. The number of benzene rings is 2. The van der Waals surface area contributed by atoms with Crippen LogP contribution in [0.15, 0.2) is 36.4 Å². The van der Waals surface area contributed by atoms with Gasteiger partial charge in [-0.05, 0) is 68.5 Å². The van der Waals surface area contributed by atoms with Crippen LogP contribution in [0.25, 0.3) is 0 Å². The fraction of sp³-hybridized carbons (Fsp3) is 0.333. The lowest BCUT2D eigenvalue weighted by Gasteiger charge is -2.16. The van der Waals surface area contributed by atoms with E-state index in [0.29, 0.717) is 0 Å². The van der Waals surface area contributed by atoms with Crippen LogP contribution in [0.5, 0.6) is 11.5 Å². The van der Waals surface area contributed by atoms with Gasteiger partial charge in [-0.3, -0.25) is 0 Å². The minimum Gasteiger partial charge on any atom is -0.457 e. The molecule has 0 bridgehead atoms. The molecule has 2 rings (SSSR count). The number of nitrogens with two attached hydrogens (primary N) is 1. The van der Waals surface area contributed by atoms with E-state index < -0.39 is 0 Å². The van der Waals surface area contributed by atoms with Crippen molar-refractivity contribution in [2.45, 2.75) is 40.2 Å². The smallest absolute Gasteiger partial charge is 0.130 e. The van der Waals surface area contributed by atoms with Gasteiger partial charge in [0.05, 0.1) is 0 Å². The summed E-state index contributed by atoms with van der Waals surface area (Å²) in [5.41, 5.74) is 10.7. The highest BCUT2D eigenvalue weighted by atomic mass is 16.5. The van der Waals surface area contributed by atoms with Gasteiger partial charge in [0, 0.05) is 6.04 Å². The molecular formula is C18H23NO. The predicted molar refractivity (Wildman–Crippen MR) is 84.5 cm³/mol. The molecule has 1 atom stereocenters. The van der Waals surface area contributed by atoms with E-state index in [1.54, 1.807) is 0 Å². The Morgan fingerprint density at radius 2 is 1.75 bits per heavy atom. The van der Waals surface area contributed by atoms with E-state index in [1.165, 1.54) is 16.7 Å². The van der Waals surface area contributed by atoms with Gasteiger partial charge in [0.1, 0.15) is 11.5 Å². The Hall–Kier alpha value is -1.80. The lowest BCUT2D eigenvalue weighted by molar-refractivity contribution is 0.469. The van der Waals surface area contributed by atoms with E-state index in [-0.39, 0.29) is 6.04 Å². The zero-order valence-corrected chi connectivity index (χ0v) is 12.7. The summed E-state index contributed by atoms with van der Waals surface area (Å²) in [5, 5.41) is 0. The molecule has 20 heavy (non-hydrogen) atoms. The first-order valence-corrected chi connectivity index (χ1v) is 7.06. The quantitative estimate of drug-likeness (QED) is 0.898. The maximum atomic E-state index is 6.15. The molecule has 106 valence electrons. The van der Waals surface area contributed by atoms with Crippen molar-refractivity contribution in [3.8, 4) is 11.5 Å². The van der Waals surface area contributed by atoms with Crippen LogP contribution in [-0.4, -0.2) is 6.04 Å². The molecule has 2 nitrogen and oxygen atoms in total. The number of hydrogen-bond donors (Lipinski definition) is 1. The van der Waals surface area contributed by atoms with Gasteiger partial charge in [-0.25, -0.2) is 0 Å². The summed E-state index contributed by atoms with van der Waals surface area (Å²) in [6.45, 7) is 8.31. The Labute approximate surface area is 121 Å². The molecule has 0 saturated carbocycles. The second kappa shape index (κ2) is 6.10. The van der Waals surface area contributed by atoms with Crippen LogP contribution in [0.4, 0.5) is 0 Å². The SMILES string of the molecule is Cc1cc(C)c(C)c(Oc2ccccc2CC(C)N)c1. The predicted octanol–water partition coefficient (Wildman–Crippen LogP) is 4.29. The Bertz CT molecular complexity index is 602. The Kier molecular flexibility index (Phi) is 4.46. The monoisotopic (exact) mass is 269 g/mol. The van der Waals surface area contributed by atoms with Crippen LogP contribution in [-0.2, 0) is 6.42 Å². The topological polar surface area (TPSA) is 35.2 Å². The van der Waals surface area contributed by atoms with E-state index >= 15 is 0 Å². The highest BCUT2D eigenvalue weighted by Gasteiger charge is 2.09. The molecule has 1 unspecified atom stereocenters. The third-order valence-electron chi connectivity index (χ3n) is 3.50. The number of para-hydroxylation sites is 1. The van der Waals surface area contributed by atoms with Gasteiger partial charge in [0.15, 0.2) is 0 Å². The zero-order chi connectivity index (χ0) is 14.7. The molecule has 0 aliphatic heterocycles. The van der Waals surface area contributed by atoms with E-state index in [4.69, 9.17) is 10.5 Å². The first kappa shape index (κ1) is 14.6. The largest absolute Gasteiger partial charge is 0.457 e. The molecule has 2 heteroatoms. The average Bonchev–Trinajstić information content (AvgIpc) is 2.37. The fourth-order valence-corrected chi connectivity index (χ4v) is 2.34. The molecule has 2 N–H and O–H groups in total. The second-order valence-corrected chi connectivity index (χ2v) is 5.60. The van der Waals surface area contributed by atoms with Crippen molar-refractivity contribution >= 4 is 0 Å². The van der Waals surface area contributed by atoms with Crippen LogP contribution >= 0.6 is 0 Å². The zero-order valence-electron chi connectivity index (χ0n) is 12.7. The lowest BCUT2D eigenvalue weighted by Crippen LogP contribution is -2.18. The molecule has 0 saturated heterocycles. The first-order valence-electron chi connectivity index (χ1n) is 7.06. The summed E-state index contributed by atoms with van der Waals surface area (Å²) in [6, 6.07) is 12.5. The maximum absolute atomic E-state index is 6.15. The Morgan fingerprint density at radius 1 is 1.05 bits per heavy atom. The van der Waals surface area contributed by atoms with Gasteiger partial charge in [0.25, 0.3) is 0 Å². The summed E-state index contributed by atoms with van der Waals surface area (Å²) in [6.07, 6.45) is 0.819. The Balaban J connectivity index is 2.35. The van der Waals surface area contributed by atoms with Gasteiger partial charge >= 0.3 is 0 Å². The molecule has 0 aromatic heterocycles. The number of aryl methyl sites for hydroxylation is 2. The van der Waals surface area contributed by atoms with Crippen molar-refractivity contribution in [1.29, 1.82) is 0 Å². The molecule has 0 aliphatic rings. The third-order valence-corrected chi connectivity index (χ3v) is 3.50. The first-order chi connectivity index (χ1) is 9.47. The molecule has 2 aromatic rings. The van der Waals surface area contributed by atoms with Crippen molar-refractivity contribution in [3.63, 3.8) is 0 Å². The van der Waals surface area contributed by atoms with Gasteiger partial charge in [-0.15, -0.1) is 0 Å². The van der Waals surface area contributed by atoms with Gasteiger partial charge in [-0.2, -0.15) is 0 Å². The summed E-state index contributed by atoms with van der Waals surface area (Å²) in [4.78, 5) is 0. The van der Waals surface area contributed by atoms with E-state index in [2.05, 4.69) is 39.0 Å². The fourth-order valence-electron chi connectivity index (χ4n) is 2.34. The molecule has 2 aromatic carbocycles. The van der Waals surface area contributed by atoms with Crippen LogP contribution in [0.2, 0.25) is 0 Å². The second-order valence-electron chi connectivity index (χ2n) is 5.60. The van der Waals surface area contributed by atoms with Crippen LogP contribution < -0.4 is 10.5 Å². The van der Waals surface area contributed by atoms with Crippen molar-refractivity contribution in [3.05, 3.63) is 58.7 Å². The van der Waals surface area contributed by atoms with Crippen LogP contribution in [0, 0.1) is 20.8 Å². The molecule has 0 aliphatic carbocycles. The minimum absolute atomic E-state index is 0.125. The summed E-state index contributed by atoms with van der Waals surface area (Å²) in [7, 11) is 0. The van der Waals surface area contributed by atoms with Crippen LogP contribution in [0.1, 0.15) is 29.2 Å². The van der Waals surface area contributed by atoms with Crippen molar-refractivity contribution in [1.82, 2.24) is 0 Å². The van der Waals surface area contributed by atoms with Crippen LogP contribution in [0.3, 0.4) is 0 Å². The molecule has 0 spiro atoms. The minimum atomic E-state index is 0.125. The standard InChI is InChI=1S/C18H23NO/c1-12-9-13(2)15(4)18(10-12)20-17-8-6-5-7-16(17)11-14(3)19/h5-10,14H,11,19H2,1-4H3. The highest BCUT2D eigenvalue weighted by molar-refractivity contribution is 5.46. The number of hydrogen-bond acceptors (Lipinski definition) is 2. The molecule has 0 amide bonds. The molecule has 0 radical (unpaired) electrons.